The lowest BCUT2D eigenvalue weighted by atomic mass is 10.0. The maximum atomic E-state index is 11.9. The first-order chi connectivity index (χ1) is 11.1. The molecule has 0 aromatic heterocycles. The quantitative estimate of drug-likeness (QED) is 0.619. The van der Waals surface area contributed by atoms with Gasteiger partial charge in [0.1, 0.15) is 5.75 Å². The topological polar surface area (TPSA) is 63.6 Å². The number of ether oxygens (including phenoxy) is 1. The minimum absolute atomic E-state index is 0.0845. The molecule has 1 aliphatic carbocycles. The predicted octanol–water partition coefficient (Wildman–Crippen LogP) is 3.41. The largest absolute Gasteiger partial charge is 0.493 e. The molecule has 1 aromatic rings. The normalized spacial score (nSPS) is 12.5. The molecule has 0 aliphatic heterocycles. The van der Waals surface area contributed by atoms with Crippen LogP contribution in [-0.2, 0) is 17.6 Å². The fraction of sp³-hybridized carbons (Fsp3) is 0.474. The summed E-state index contributed by atoms with van der Waals surface area (Å²) in [6.45, 7) is 2.36. The molecule has 0 unspecified atom stereocenters. The highest BCUT2D eigenvalue weighted by atomic mass is 16.5. The van der Waals surface area contributed by atoms with Gasteiger partial charge in [0.25, 0.3) is 0 Å². The molecular formula is C19H22O4. The van der Waals surface area contributed by atoms with Crippen LogP contribution in [0.3, 0.4) is 0 Å². The summed E-state index contributed by atoms with van der Waals surface area (Å²) in [7, 11) is 0. The Morgan fingerprint density at radius 3 is 2.87 bits per heavy atom. The van der Waals surface area contributed by atoms with Gasteiger partial charge in [0, 0.05) is 31.2 Å². The number of carboxylic acids is 1. The zero-order valence-electron chi connectivity index (χ0n) is 13.5. The highest BCUT2D eigenvalue weighted by molar-refractivity contribution is 6.00. The van der Waals surface area contributed by atoms with Crippen molar-refractivity contribution in [2.75, 3.05) is 6.61 Å². The maximum Gasteiger partial charge on any atom is 0.303 e. The maximum absolute atomic E-state index is 11.9. The number of hydrogen-bond donors (Lipinski definition) is 1. The molecule has 0 saturated heterocycles. The zero-order valence-corrected chi connectivity index (χ0v) is 13.5. The Morgan fingerprint density at radius 1 is 1.30 bits per heavy atom. The first kappa shape index (κ1) is 17.1. The molecule has 1 aromatic carbocycles. The first-order valence-electron chi connectivity index (χ1n) is 8.11. The Morgan fingerprint density at radius 2 is 2.13 bits per heavy atom. The van der Waals surface area contributed by atoms with Crippen LogP contribution in [0.25, 0.3) is 0 Å². The number of Topliss-reactive ketones (excluding diaryl/α,β-unsaturated/α-hetero) is 1. The molecule has 2 rings (SSSR count). The molecule has 0 bridgehead atoms. The van der Waals surface area contributed by atoms with E-state index in [4.69, 9.17) is 9.84 Å². The third kappa shape index (κ3) is 4.85. The highest BCUT2D eigenvalue weighted by Crippen LogP contribution is 2.31. The van der Waals surface area contributed by atoms with Crippen molar-refractivity contribution in [2.24, 2.45) is 0 Å². The van der Waals surface area contributed by atoms with E-state index in [9.17, 15) is 9.59 Å². The van der Waals surface area contributed by atoms with E-state index in [1.54, 1.807) is 0 Å². The summed E-state index contributed by atoms with van der Waals surface area (Å²) in [4.78, 5) is 22.5. The van der Waals surface area contributed by atoms with Gasteiger partial charge in [-0.1, -0.05) is 13.0 Å². The van der Waals surface area contributed by atoms with Crippen molar-refractivity contribution in [1.82, 2.24) is 0 Å². The summed E-state index contributed by atoms with van der Waals surface area (Å²) in [5.74, 6) is 6.20. The number of benzene rings is 1. The molecular weight excluding hydrogens is 292 g/mol. The van der Waals surface area contributed by atoms with Crippen LogP contribution >= 0.6 is 0 Å². The Labute approximate surface area is 136 Å². The monoisotopic (exact) mass is 314 g/mol. The van der Waals surface area contributed by atoms with Crippen molar-refractivity contribution < 1.29 is 19.4 Å². The molecule has 0 fully saturated rings. The smallest absolute Gasteiger partial charge is 0.303 e. The average molecular weight is 314 g/mol. The number of carbonyl (C=O) groups is 2. The van der Waals surface area contributed by atoms with Crippen LogP contribution < -0.4 is 4.74 Å². The van der Waals surface area contributed by atoms with Gasteiger partial charge < -0.3 is 9.84 Å². The highest BCUT2D eigenvalue weighted by Gasteiger charge is 2.22. The summed E-state index contributed by atoms with van der Waals surface area (Å²) < 4.78 is 5.75. The van der Waals surface area contributed by atoms with Gasteiger partial charge in [0.05, 0.1) is 6.61 Å². The Kier molecular flexibility index (Phi) is 6.22. The molecule has 4 heteroatoms. The second kappa shape index (κ2) is 8.38. The molecule has 23 heavy (non-hydrogen) atoms. The Hall–Kier alpha value is -2.28. The minimum atomic E-state index is -0.826. The Balaban J connectivity index is 2.10. The van der Waals surface area contributed by atoms with E-state index in [1.165, 1.54) is 0 Å². The van der Waals surface area contributed by atoms with Gasteiger partial charge in [-0.25, -0.2) is 0 Å². The minimum Gasteiger partial charge on any atom is -0.493 e. The number of rotatable bonds is 7. The van der Waals surface area contributed by atoms with Crippen molar-refractivity contribution in [3.8, 4) is 17.6 Å². The number of hydrogen-bond acceptors (Lipinski definition) is 3. The first-order valence-corrected chi connectivity index (χ1v) is 8.11. The van der Waals surface area contributed by atoms with Gasteiger partial charge in [-0.15, -0.1) is 11.8 Å². The van der Waals surface area contributed by atoms with Crippen LogP contribution in [-0.4, -0.2) is 23.5 Å². The van der Waals surface area contributed by atoms with Crippen molar-refractivity contribution in [3.63, 3.8) is 0 Å². The van der Waals surface area contributed by atoms with Crippen LogP contribution in [0.1, 0.15) is 60.5 Å². The number of ketones is 1. The summed E-state index contributed by atoms with van der Waals surface area (Å²) in [5.41, 5.74) is 2.90. The van der Waals surface area contributed by atoms with Crippen LogP contribution in [0.4, 0.5) is 0 Å². The SMILES string of the molecule is CCC#CCCc1cc2c(cc1OCCCC(=O)O)C(=O)CC2. The van der Waals surface area contributed by atoms with Crippen LogP contribution in [0, 0.1) is 11.8 Å². The third-order valence-corrected chi connectivity index (χ3v) is 3.82. The molecule has 122 valence electrons. The molecule has 0 spiro atoms. The van der Waals surface area contributed by atoms with E-state index < -0.39 is 5.97 Å². The summed E-state index contributed by atoms with van der Waals surface area (Å²) in [6.07, 6.45) is 4.27. The lowest BCUT2D eigenvalue weighted by Gasteiger charge is -2.13. The van der Waals surface area contributed by atoms with Crippen LogP contribution in [0.5, 0.6) is 5.75 Å². The number of carbonyl (C=O) groups excluding carboxylic acids is 1. The standard InChI is InChI=1S/C19H22O4/c1-2-3-4-5-7-15-12-14-9-10-17(20)16(14)13-18(15)23-11-6-8-19(21)22/h12-13H,2,5-11H2,1H3,(H,21,22). The van der Waals surface area contributed by atoms with Gasteiger partial charge in [-0.2, -0.15) is 0 Å². The molecule has 0 atom stereocenters. The van der Waals surface area contributed by atoms with Gasteiger partial charge in [0.15, 0.2) is 5.78 Å². The molecule has 4 nitrogen and oxygen atoms in total. The summed E-state index contributed by atoms with van der Waals surface area (Å²) >= 11 is 0. The fourth-order valence-electron chi connectivity index (χ4n) is 2.67. The van der Waals surface area contributed by atoms with Gasteiger partial charge >= 0.3 is 5.97 Å². The second-order valence-electron chi connectivity index (χ2n) is 5.59. The molecule has 0 amide bonds. The summed E-state index contributed by atoms with van der Waals surface area (Å²) in [6, 6.07) is 3.88. The van der Waals surface area contributed by atoms with Crippen molar-refractivity contribution in [3.05, 3.63) is 28.8 Å². The number of fused-ring (bicyclic) bond motifs is 1. The van der Waals surface area contributed by atoms with E-state index in [2.05, 4.69) is 17.9 Å². The number of carboxylic acid groups (broad SMARTS) is 1. The van der Waals surface area contributed by atoms with E-state index >= 15 is 0 Å². The molecule has 0 saturated carbocycles. The van der Waals surface area contributed by atoms with E-state index in [-0.39, 0.29) is 12.2 Å². The zero-order chi connectivity index (χ0) is 16.7. The van der Waals surface area contributed by atoms with Gasteiger partial charge in [-0.3, -0.25) is 9.59 Å². The Bertz CT molecular complexity index is 649. The van der Waals surface area contributed by atoms with Crippen molar-refractivity contribution >= 4 is 11.8 Å². The fourth-order valence-corrected chi connectivity index (χ4v) is 2.67. The summed E-state index contributed by atoms with van der Waals surface area (Å²) in [5, 5.41) is 8.68. The lowest BCUT2D eigenvalue weighted by molar-refractivity contribution is -0.137. The van der Waals surface area contributed by atoms with Crippen LogP contribution in [0.15, 0.2) is 12.1 Å². The lowest BCUT2D eigenvalue weighted by Crippen LogP contribution is -2.05. The third-order valence-electron chi connectivity index (χ3n) is 3.82. The number of aryl methyl sites for hydroxylation is 2. The predicted molar refractivity (Wildman–Crippen MR) is 87.8 cm³/mol. The molecule has 1 aliphatic rings. The molecule has 0 radical (unpaired) electrons. The molecule has 0 heterocycles. The van der Waals surface area contributed by atoms with E-state index in [0.29, 0.717) is 25.2 Å². The van der Waals surface area contributed by atoms with E-state index in [0.717, 1.165) is 42.4 Å². The molecule has 1 N–H and O–H groups in total. The van der Waals surface area contributed by atoms with E-state index in [1.807, 2.05) is 13.0 Å². The van der Waals surface area contributed by atoms with Gasteiger partial charge in [-0.05, 0) is 36.5 Å². The van der Waals surface area contributed by atoms with Crippen molar-refractivity contribution in [1.29, 1.82) is 0 Å². The van der Waals surface area contributed by atoms with Gasteiger partial charge in [0.2, 0.25) is 0 Å². The van der Waals surface area contributed by atoms with Crippen molar-refractivity contribution in [2.45, 2.75) is 51.9 Å². The second-order valence-corrected chi connectivity index (χ2v) is 5.59. The van der Waals surface area contributed by atoms with Crippen LogP contribution in [0.2, 0.25) is 0 Å². The number of aliphatic carboxylic acids is 1. The average Bonchev–Trinajstić information content (AvgIpc) is 2.88.